The second kappa shape index (κ2) is 16.8. The van der Waals surface area contributed by atoms with E-state index in [0.29, 0.717) is 6.61 Å². The van der Waals surface area contributed by atoms with Crippen LogP contribution in [-0.4, -0.2) is 23.0 Å². The van der Waals surface area contributed by atoms with Crippen LogP contribution in [0.1, 0.15) is 26.2 Å². The van der Waals surface area contributed by atoms with Crippen LogP contribution in [0.3, 0.4) is 0 Å². The third-order valence-electron chi connectivity index (χ3n) is 0.866. The fourth-order valence-corrected chi connectivity index (χ4v) is 0.435. The van der Waals surface area contributed by atoms with E-state index in [1.54, 1.807) is 0 Å². The summed E-state index contributed by atoms with van der Waals surface area (Å²) in [6, 6.07) is 0. The van der Waals surface area contributed by atoms with E-state index in [4.69, 9.17) is 20.9 Å². The van der Waals surface area contributed by atoms with Crippen LogP contribution in [0.25, 0.3) is 0 Å². The number of unbranched alkanes of at least 4 members (excludes halogenated alkanes) is 2. The van der Waals surface area contributed by atoms with Crippen LogP contribution in [0, 0.1) is 0 Å². The van der Waals surface area contributed by atoms with Crippen molar-refractivity contribution in [2.45, 2.75) is 26.2 Å². The van der Waals surface area contributed by atoms with Crippen molar-refractivity contribution < 1.29 is 19.8 Å². The zero-order valence-electron chi connectivity index (χ0n) is 7.02. The first-order valence-corrected chi connectivity index (χ1v) is 3.38. The summed E-state index contributed by atoms with van der Waals surface area (Å²) in [4.78, 5) is 12.9. The summed E-state index contributed by atoms with van der Waals surface area (Å²) >= 11 is 0. The highest BCUT2D eigenvalue weighted by Gasteiger charge is 1.80. The minimum absolute atomic E-state index is 0. The molecule has 0 aliphatic rings. The van der Waals surface area contributed by atoms with Crippen LogP contribution in [0.15, 0.2) is 0 Å². The Morgan fingerprint density at radius 2 is 1.83 bits per heavy atom. The van der Waals surface area contributed by atoms with E-state index >= 15 is 0 Å². The lowest BCUT2D eigenvalue weighted by molar-refractivity contribution is 0.134. The van der Waals surface area contributed by atoms with Gasteiger partial charge in [0.1, 0.15) is 0 Å². The molecular formula is C6H16ClNO4. The second-order valence-electron chi connectivity index (χ2n) is 1.86. The van der Waals surface area contributed by atoms with Gasteiger partial charge in [-0.25, -0.2) is 10.7 Å². The highest BCUT2D eigenvalue weighted by molar-refractivity contribution is 5.85. The van der Waals surface area contributed by atoms with Crippen molar-refractivity contribution in [3.8, 4) is 0 Å². The Kier molecular flexibility index (Phi) is 24.6. The highest BCUT2D eigenvalue weighted by Crippen LogP contribution is 1.91. The molecule has 0 unspecified atom stereocenters. The molecule has 5 nitrogen and oxygen atoms in total. The van der Waals surface area contributed by atoms with E-state index in [-0.39, 0.29) is 12.4 Å². The Labute approximate surface area is 77.9 Å². The molecule has 0 saturated heterocycles. The first-order valence-electron chi connectivity index (χ1n) is 3.38. The van der Waals surface area contributed by atoms with E-state index in [2.05, 4.69) is 11.8 Å². The first-order chi connectivity index (χ1) is 5.15. The van der Waals surface area contributed by atoms with Crippen LogP contribution < -0.4 is 5.90 Å². The molecule has 0 atom stereocenters. The molecule has 0 radical (unpaired) electrons. The largest absolute Gasteiger partial charge is 0.503 e. The topological polar surface area (TPSA) is 92.8 Å². The molecule has 12 heavy (non-hydrogen) atoms. The number of hydrogen-bond donors (Lipinski definition) is 3. The van der Waals surface area contributed by atoms with Gasteiger partial charge in [0.05, 0.1) is 6.61 Å². The average Bonchev–Trinajstić information content (AvgIpc) is 1.88. The zero-order valence-corrected chi connectivity index (χ0v) is 7.84. The van der Waals surface area contributed by atoms with Gasteiger partial charge in [0.15, 0.2) is 0 Å². The van der Waals surface area contributed by atoms with Crippen molar-refractivity contribution in [2.75, 3.05) is 6.61 Å². The summed E-state index contributed by atoms with van der Waals surface area (Å²) in [5.74, 6) is 4.77. The molecule has 0 fully saturated rings. The molecular weight excluding hydrogens is 186 g/mol. The summed E-state index contributed by atoms with van der Waals surface area (Å²) in [6.07, 6.45) is 1.70. The molecule has 0 spiro atoms. The van der Waals surface area contributed by atoms with Crippen molar-refractivity contribution in [1.82, 2.24) is 0 Å². The van der Waals surface area contributed by atoms with Gasteiger partial charge in [0, 0.05) is 0 Å². The number of hydrogen-bond acceptors (Lipinski definition) is 3. The summed E-state index contributed by atoms with van der Waals surface area (Å²) < 4.78 is 0. The standard InChI is InChI=1S/C5H13NO.CH2O3.ClH/c1-2-3-4-5-7-6;2-1(3)4;/h2-6H2,1H3;(H2,2,3,4);1H. The maximum atomic E-state index is 8.56. The molecule has 0 aliphatic heterocycles. The van der Waals surface area contributed by atoms with Crippen LogP contribution >= 0.6 is 12.4 Å². The number of rotatable bonds is 4. The number of halogens is 1. The van der Waals surface area contributed by atoms with Crippen molar-refractivity contribution in [1.29, 1.82) is 0 Å². The Morgan fingerprint density at radius 1 is 1.42 bits per heavy atom. The molecule has 0 saturated carbocycles. The second-order valence-corrected chi connectivity index (χ2v) is 1.86. The Hall–Kier alpha value is -0.520. The molecule has 0 aromatic carbocycles. The fourth-order valence-electron chi connectivity index (χ4n) is 0.435. The predicted molar refractivity (Wildman–Crippen MR) is 47.6 cm³/mol. The van der Waals surface area contributed by atoms with E-state index < -0.39 is 6.16 Å². The number of carbonyl (C=O) groups is 1. The fraction of sp³-hybridized carbons (Fsp3) is 0.833. The highest BCUT2D eigenvalue weighted by atomic mass is 35.5. The quantitative estimate of drug-likeness (QED) is 0.476. The molecule has 0 heterocycles. The van der Waals surface area contributed by atoms with E-state index in [0.717, 1.165) is 6.42 Å². The van der Waals surface area contributed by atoms with Gasteiger partial charge in [-0.05, 0) is 6.42 Å². The Bertz CT molecular complexity index is 83.6. The third-order valence-corrected chi connectivity index (χ3v) is 0.866. The smallest absolute Gasteiger partial charge is 0.450 e. The summed E-state index contributed by atoms with van der Waals surface area (Å²) in [7, 11) is 0. The molecule has 0 aliphatic carbocycles. The van der Waals surface area contributed by atoms with Gasteiger partial charge in [0.2, 0.25) is 0 Å². The molecule has 0 aromatic heterocycles. The van der Waals surface area contributed by atoms with Crippen molar-refractivity contribution in [2.24, 2.45) is 5.90 Å². The van der Waals surface area contributed by atoms with Crippen molar-refractivity contribution in [3.63, 3.8) is 0 Å². The zero-order chi connectivity index (χ0) is 9.11. The Balaban J connectivity index is -0.000000142. The lowest BCUT2D eigenvalue weighted by Gasteiger charge is -1.92. The van der Waals surface area contributed by atoms with Crippen LogP contribution in [0.2, 0.25) is 0 Å². The molecule has 6 heteroatoms. The monoisotopic (exact) mass is 201 g/mol. The van der Waals surface area contributed by atoms with Gasteiger partial charge in [0.25, 0.3) is 0 Å². The lowest BCUT2D eigenvalue weighted by atomic mass is 10.3. The molecule has 0 bridgehead atoms. The van der Waals surface area contributed by atoms with E-state index in [1.165, 1.54) is 12.8 Å². The minimum Gasteiger partial charge on any atom is -0.450 e. The molecule has 0 amide bonds. The van der Waals surface area contributed by atoms with Crippen molar-refractivity contribution in [3.05, 3.63) is 0 Å². The van der Waals surface area contributed by atoms with Crippen LogP contribution in [-0.2, 0) is 4.84 Å². The normalized spacial score (nSPS) is 7.50. The van der Waals surface area contributed by atoms with Gasteiger partial charge in [-0.1, -0.05) is 19.8 Å². The molecule has 76 valence electrons. The van der Waals surface area contributed by atoms with E-state index in [1.807, 2.05) is 0 Å². The summed E-state index contributed by atoms with van der Waals surface area (Å²) in [5.41, 5.74) is 0. The van der Waals surface area contributed by atoms with Gasteiger partial charge in [-0.3, -0.25) is 0 Å². The van der Waals surface area contributed by atoms with Gasteiger partial charge in [-0.15, -0.1) is 12.4 Å². The minimum atomic E-state index is -1.83. The summed E-state index contributed by atoms with van der Waals surface area (Å²) in [5, 5.41) is 13.9. The summed E-state index contributed by atoms with van der Waals surface area (Å²) in [6.45, 7) is 2.85. The van der Waals surface area contributed by atoms with Crippen LogP contribution in [0.4, 0.5) is 4.79 Å². The first kappa shape index (κ1) is 17.5. The molecule has 4 N–H and O–H groups in total. The van der Waals surface area contributed by atoms with Gasteiger partial charge < -0.3 is 15.1 Å². The number of nitrogens with two attached hydrogens (primary N) is 1. The maximum absolute atomic E-state index is 8.56. The van der Waals surface area contributed by atoms with Gasteiger partial charge >= 0.3 is 6.16 Å². The van der Waals surface area contributed by atoms with Crippen molar-refractivity contribution >= 4 is 18.6 Å². The maximum Gasteiger partial charge on any atom is 0.503 e. The average molecular weight is 202 g/mol. The molecule has 0 aromatic rings. The van der Waals surface area contributed by atoms with Crippen LogP contribution in [0.5, 0.6) is 0 Å². The number of carboxylic acid groups (broad SMARTS) is 2. The molecule has 0 rings (SSSR count). The van der Waals surface area contributed by atoms with E-state index in [9.17, 15) is 0 Å². The van der Waals surface area contributed by atoms with Gasteiger partial charge in [-0.2, -0.15) is 0 Å². The lowest BCUT2D eigenvalue weighted by Crippen LogP contribution is -1.99. The SMILES string of the molecule is CCCCCON.Cl.O=C(O)O. The Morgan fingerprint density at radius 3 is 2.08 bits per heavy atom. The third kappa shape index (κ3) is 56.3. The predicted octanol–water partition coefficient (Wildman–Crippen LogP) is 1.71.